The molecule has 4 aromatic rings. The van der Waals surface area contributed by atoms with E-state index >= 15 is 0 Å². The number of benzene rings is 4. The number of nitro benzene ring substituents is 2. The molecule has 38 heavy (non-hydrogen) atoms. The zero-order valence-electron chi connectivity index (χ0n) is 20.3. The van der Waals surface area contributed by atoms with Gasteiger partial charge in [0.2, 0.25) is 0 Å². The van der Waals surface area contributed by atoms with Crippen molar-refractivity contribution in [1.29, 1.82) is 0 Å². The van der Waals surface area contributed by atoms with E-state index in [0.29, 0.717) is 0 Å². The predicted octanol–water partition coefficient (Wildman–Crippen LogP) is 6.59. The minimum atomic E-state index is -0.548. The SMILES string of the molecule is Cc1ccc(C2=Nc3ccccc3N3[C@@H]2O[C@H](c2ccc([N+](=O)[O-])cc2)[C@H]3c2ccc([N+](=O)[O-])cc2)cc1. The van der Waals surface area contributed by atoms with Crippen molar-refractivity contribution in [3.63, 3.8) is 0 Å². The third-order valence-electron chi connectivity index (χ3n) is 6.97. The lowest BCUT2D eigenvalue weighted by atomic mass is 9.93. The van der Waals surface area contributed by atoms with Crippen molar-refractivity contribution < 1.29 is 14.6 Å². The van der Waals surface area contributed by atoms with E-state index in [2.05, 4.69) is 4.90 Å². The Morgan fingerprint density at radius 1 is 0.763 bits per heavy atom. The van der Waals surface area contributed by atoms with Gasteiger partial charge in [-0.25, -0.2) is 4.99 Å². The maximum absolute atomic E-state index is 11.3. The first-order valence-corrected chi connectivity index (χ1v) is 12.1. The highest BCUT2D eigenvalue weighted by Crippen LogP contribution is 2.52. The first kappa shape index (κ1) is 23.5. The molecule has 0 saturated carbocycles. The Bertz CT molecular complexity index is 1570. The smallest absolute Gasteiger partial charge is 0.269 e. The molecule has 2 aliphatic heterocycles. The summed E-state index contributed by atoms with van der Waals surface area (Å²) in [6.07, 6.45) is -1.07. The number of para-hydroxylation sites is 2. The van der Waals surface area contributed by atoms with Gasteiger partial charge in [0.1, 0.15) is 6.10 Å². The molecular weight excluding hydrogens is 484 g/mol. The molecule has 3 atom stereocenters. The van der Waals surface area contributed by atoms with E-state index in [1.165, 1.54) is 24.3 Å². The normalized spacial score (nSPS) is 19.9. The van der Waals surface area contributed by atoms with Gasteiger partial charge in [0.25, 0.3) is 11.4 Å². The van der Waals surface area contributed by atoms with Gasteiger partial charge < -0.3 is 9.64 Å². The van der Waals surface area contributed by atoms with Gasteiger partial charge in [-0.05, 0) is 42.3 Å². The van der Waals surface area contributed by atoms with Crippen LogP contribution in [0.3, 0.4) is 0 Å². The maximum Gasteiger partial charge on any atom is 0.269 e. The zero-order valence-corrected chi connectivity index (χ0v) is 20.3. The number of hydrogen-bond donors (Lipinski definition) is 0. The van der Waals surface area contributed by atoms with Gasteiger partial charge in [0.05, 0.1) is 33.0 Å². The summed E-state index contributed by atoms with van der Waals surface area (Å²) in [5, 5.41) is 22.6. The fourth-order valence-corrected chi connectivity index (χ4v) is 5.11. The van der Waals surface area contributed by atoms with E-state index in [0.717, 1.165) is 39.3 Å². The molecule has 9 heteroatoms. The number of anilines is 1. The monoisotopic (exact) mass is 506 g/mol. The quantitative estimate of drug-likeness (QED) is 0.223. The highest BCUT2D eigenvalue weighted by atomic mass is 16.6. The van der Waals surface area contributed by atoms with Crippen LogP contribution in [0.25, 0.3) is 0 Å². The van der Waals surface area contributed by atoms with Crippen LogP contribution in [0, 0.1) is 27.2 Å². The number of rotatable bonds is 5. The predicted molar refractivity (Wildman–Crippen MR) is 143 cm³/mol. The van der Waals surface area contributed by atoms with Crippen molar-refractivity contribution >= 4 is 28.5 Å². The molecule has 6 rings (SSSR count). The first-order chi connectivity index (χ1) is 18.4. The van der Waals surface area contributed by atoms with Crippen LogP contribution in [0.1, 0.15) is 34.4 Å². The van der Waals surface area contributed by atoms with E-state index in [4.69, 9.17) is 9.73 Å². The maximum atomic E-state index is 11.3. The van der Waals surface area contributed by atoms with E-state index in [9.17, 15) is 20.2 Å². The minimum absolute atomic E-state index is 0.00273. The molecule has 0 spiro atoms. The molecule has 1 fully saturated rings. The third-order valence-corrected chi connectivity index (χ3v) is 6.97. The number of aryl methyl sites for hydroxylation is 1. The van der Waals surface area contributed by atoms with Crippen LogP contribution in [-0.4, -0.2) is 21.8 Å². The molecule has 0 bridgehead atoms. The van der Waals surface area contributed by atoms with Gasteiger partial charge in [-0.3, -0.25) is 20.2 Å². The second-order valence-electron chi connectivity index (χ2n) is 9.31. The van der Waals surface area contributed by atoms with Crippen molar-refractivity contribution in [3.05, 3.63) is 140 Å². The lowest BCUT2D eigenvalue weighted by Crippen LogP contribution is -2.41. The van der Waals surface area contributed by atoms with Crippen LogP contribution >= 0.6 is 0 Å². The molecule has 0 aromatic heterocycles. The van der Waals surface area contributed by atoms with Crippen LogP contribution in [0.4, 0.5) is 22.7 Å². The molecule has 1 saturated heterocycles. The fraction of sp³-hybridized carbons (Fsp3) is 0.138. The van der Waals surface area contributed by atoms with Crippen molar-refractivity contribution in [2.75, 3.05) is 4.90 Å². The van der Waals surface area contributed by atoms with Crippen LogP contribution in [0.5, 0.6) is 0 Å². The van der Waals surface area contributed by atoms with Crippen LogP contribution in [0.15, 0.2) is 102 Å². The number of nitrogens with zero attached hydrogens (tertiary/aromatic N) is 4. The van der Waals surface area contributed by atoms with Crippen molar-refractivity contribution in [3.8, 4) is 0 Å². The summed E-state index contributed by atoms with van der Waals surface area (Å²) < 4.78 is 6.74. The highest BCUT2D eigenvalue weighted by molar-refractivity contribution is 6.09. The number of nitro groups is 2. The van der Waals surface area contributed by atoms with Gasteiger partial charge in [-0.15, -0.1) is 0 Å². The summed E-state index contributed by atoms with van der Waals surface area (Å²) in [5.41, 5.74) is 6.03. The Balaban J connectivity index is 1.52. The van der Waals surface area contributed by atoms with Crippen LogP contribution in [-0.2, 0) is 4.74 Å². The average Bonchev–Trinajstić information content (AvgIpc) is 3.34. The number of aliphatic imine (C=N–C) groups is 1. The molecule has 0 unspecified atom stereocenters. The van der Waals surface area contributed by atoms with Gasteiger partial charge in [-0.2, -0.15) is 0 Å². The zero-order chi connectivity index (χ0) is 26.4. The largest absolute Gasteiger partial charge is 0.342 e. The molecule has 9 nitrogen and oxygen atoms in total. The number of hydrogen-bond acceptors (Lipinski definition) is 7. The van der Waals surface area contributed by atoms with Crippen LogP contribution in [0.2, 0.25) is 0 Å². The molecule has 188 valence electrons. The Morgan fingerprint density at radius 2 is 1.34 bits per heavy atom. The molecular formula is C29H22N4O5. The number of fused-ring (bicyclic) bond motifs is 3. The van der Waals surface area contributed by atoms with Crippen molar-refractivity contribution in [2.45, 2.75) is 25.3 Å². The second kappa shape index (κ2) is 9.20. The lowest BCUT2D eigenvalue weighted by Gasteiger charge is -2.35. The first-order valence-electron chi connectivity index (χ1n) is 12.1. The van der Waals surface area contributed by atoms with Crippen molar-refractivity contribution in [2.24, 2.45) is 4.99 Å². The summed E-state index contributed by atoms with van der Waals surface area (Å²) in [6.45, 7) is 2.02. The fourth-order valence-electron chi connectivity index (χ4n) is 5.11. The summed E-state index contributed by atoms with van der Waals surface area (Å²) in [5.74, 6) is 0. The highest BCUT2D eigenvalue weighted by Gasteiger charge is 2.48. The Morgan fingerprint density at radius 3 is 1.95 bits per heavy atom. The molecule has 0 radical (unpaired) electrons. The molecule has 2 aliphatic rings. The van der Waals surface area contributed by atoms with E-state index in [-0.39, 0.29) is 17.4 Å². The van der Waals surface area contributed by atoms with Gasteiger partial charge in [0, 0.05) is 29.8 Å². The van der Waals surface area contributed by atoms with Gasteiger partial charge in [-0.1, -0.05) is 54.1 Å². The summed E-state index contributed by atoms with van der Waals surface area (Å²) in [4.78, 5) is 28.9. The summed E-state index contributed by atoms with van der Waals surface area (Å²) in [6, 6.07) is 28.3. The minimum Gasteiger partial charge on any atom is -0.342 e. The third kappa shape index (κ3) is 3.99. The number of non-ortho nitro benzene ring substituents is 2. The average molecular weight is 507 g/mol. The molecule has 4 aromatic carbocycles. The van der Waals surface area contributed by atoms with E-state index < -0.39 is 22.2 Å². The van der Waals surface area contributed by atoms with Gasteiger partial charge >= 0.3 is 0 Å². The summed E-state index contributed by atoms with van der Waals surface area (Å²) in [7, 11) is 0. The van der Waals surface area contributed by atoms with E-state index in [1.54, 1.807) is 24.3 Å². The Kier molecular flexibility index (Phi) is 5.69. The number of ether oxygens (including phenoxy) is 1. The summed E-state index contributed by atoms with van der Waals surface area (Å²) >= 11 is 0. The topological polar surface area (TPSA) is 111 Å². The Labute approximate surface area is 217 Å². The molecule has 0 aliphatic carbocycles. The Hall–Kier alpha value is -4.89. The van der Waals surface area contributed by atoms with Crippen molar-refractivity contribution in [1.82, 2.24) is 0 Å². The molecule has 0 N–H and O–H groups in total. The molecule has 2 heterocycles. The molecule has 0 amide bonds. The second-order valence-corrected chi connectivity index (χ2v) is 9.31. The standard InChI is InChI=1S/C29H22N4O5/c1-18-6-8-19(9-7-18)26-29-31(25-5-3-2-4-24(25)30-26)27(20-10-14-22(15-11-20)32(34)35)28(38-29)21-12-16-23(17-13-21)33(36)37/h2-17,27-29H,1H3/t27-,28-,29-/m1/s1. The van der Waals surface area contributed by atoms with E-state index in [1.807, 2.05) is 55.5 Å². The lowest BCUT2D eigenvalue weighted by molar-refractivity contribution is -0.385. The van der Waals surface area contributed by atoms with Crippen LogP contribution < -0.4 is 4.90 Å². The van der Waals surface area contributed by atoms with Gasteiger partial charge in [0.15, 0.2) is 6.23 Å².